The fourth-order valence-corrected chi connectivity index (χ4v) is 4.67. The van der Waals surface area contributed by atoms with Crippen LogP contribution in [0.1, 0.15) is 17.5 Å². The average molecular weight is 379 g/mol. The van der Waals surface area contributed by atoms with Gasteiger partial charge in [0.15, 0.2) is 0 Å². The van der Waals surface area contributed by atoms with Crippen molar-refractivity contribution in [3.05, 3.63) is 58.6 Å². The van der Waals surface area contributed by atoms with Crippen LogP contribution in [-0.2, 0) is 21.2 Å². The van der Waals surface area contributed by atoms with Crippen LogP contribution >= 0.6 is 11.6 Å². The lowest BCUT2D eigenvalue weighted by atomic mass is 10.1. The number of carbonyl (C=O) groups is 1. The van der Waals surface area contributed by atoms with E-state index in [1.165, 1.54) is 4.31 Å². The van der Waals surface area contributed by atoms with Gasteiger partial charge in [0.2, 0.25) is 15.9 Å². The fourth-order valence-electron chi connectivity index (χ4n) is 2.89. The number of benzene rings is 2. The maximum atomic E-state index is 12.2. The van der Waals surface area contributed by atoms with Crippen molar-refractivity contribution in [1.29, 1.82) is 0 Å². The van der Waals surface area contributed by atoms with Gasteiger partial charge in [-0.1, -0.05) is 41.4 Å². The van der Waals surface area contributed by atoms with Crippen molar-refractivity contribution in [2.75, 3.05) is 21.9 Å². The Hall–Kier alpha value is -2.05. The van der Waals surface area contributed by atoms with E-state index in [4.69, 9.17) is 11.6 Å². The topological polar surface area (TPSA) is 66.5 Å². The molecule has 1 fully saturated rings. The van der Waals surface area contributed by atoms with E-state index in [1.54, 1.807) is 18.2 Å². The Balaban J connectivity index is 1.72. The molecule has 0 atom stereocenters. The van der Waals surface area contributed by atoms with Crippen molar-refractivity contribution < 1.29 is 13.2 Å². The predicted molar refractivity (Wildman–Crippen MR) is 101 cm³/mol. The van der Waals surface area contributed by atoms with E-state index in [0.717, 1.165) is 11.1 Å². The van der Waals surface area contributed by atoms with Gasteiger partial charge in [-0.3, -0.25) is 9.10 Å². The number of hydrogen-bond donors (Lipinski definition) is 1. The van der Waals surface area contributed by atoms with Gasteiger partial charge in [0.05, 0.1) is 28.6 Å². The van der Waals surface area contributed by atoms with E-state index in [-0.39, 0.29) is 18.1 Å². The van der Waals surface area contributed by atoms with Crippen LogP contribution < -0.4 is 9.62 Å². The minimum Gasteiger partial charge on any atom is -0.324 e. The summed E-state index contributed by atoms with van der Waals surface area (Å²) < 4.78 is 25.3. The molecule has 0 radical (unpaired) electrons. The van der Waals surface area contributed by atoms with Crippen molar-refractivity contribution in [3.63, 3.8) is 0 Å². The molecule has 0 unspecified atom stereocenters. The van der Waals surface area contributed by atoms with Gasteiger partial charge in [-0.2, -0.15) is 0 Å². The molecular weight excluding hydrogens is 360 g/mol. The van der Waals surface area contributed by atoms with Gasteiger partial charge in [0, 0.05) is 6.54 Å². The summed E-state index contributed by atoms with van der Waals surface area (Å²) in [6, 6.07) is 12.6. The lowest BCUT2D eigenvalue weighted by Crippen LogP contribution is -2.25. The first-order chi connectivity index (χ1) is 11.8. The second-order valence-electron chi connectivity index (χ2n) is 6.12. The molecule has 132 valence electrons. The van der Waals surface area contributed by atoms with Gasteiger partial charge >= 0.3 is 0 Å². The summed E-state index contributed by atoms with van der Waals surface area (Å²) in [5.74, 6) is -0.0198. The summed E-state index contributed by atoms with van der Waals surface area (Å²) in [6.07, 6.45) is 0.856. The van der Waals surface area contributed by atoms with Crippen LogP contribution in [0, 0.1) is 6.92 Å². The molecule has 0 spiro atoms. The summed E-state index contributed by atoms with van der Waals surface area (Å²) in [5.41, 5.74) is 3.02. The molecule has 0 bridgehead atoms. The molecule has 0 aromatic heterocycles. The third kappa shape index (κ3) is 4.14. The zero-order valence-electron chi connectivity index (χ0n) is 13.8. The number of halogens is 1. The molecule has 7 heteroatoms. The van der Waals surface area contributed by atoms with Crippen LogP contribution in [0.15, 0.2) is 42.5 Å². The largest absolute Gasteiger partial charge is 0.324 e. The smallest absolute Gasteiger partial charge is 0.235 e. The van der Waals surface area contributed by atoms with Gasteiger partial charge in [0.1, 0.15) is 0 Å². The molecule has 1 heterocycles. The van der Waals surface area contributed by atoms with Crippen LogP contribution in [0.5, 0.6) is 0 Å². The number of nitrogens with zero attached hydrogens (tertiary/aromatic N) is 1. The molecule has 2 aromatic rings. The molecule has 0 saturated carbocycles. The van der Waals surface area contributed by atoms with Gasteiger partial charge in [-0.25, -0.2) is 8.42 Å². The third-order valence-electron chi connectivity index (χ3n) is 4.06. The summed E-state index contributed by atoms with van der Waals surface area (Å²) >= 11 is 6.24. The average Bonchev–Trinajstić information content (AvgIpc) is 2.88. The van der Waals surface area contributed by atoms with E-state index in [9.17, 15) is 13.2 Å². The fraction of sp³-hybridized carbons (Fsp3) is 0.278. The lowest BCUT2D eigenvalue weighted by Gasteiger charge is -2.18. The Kier molecular flexibility index (Phi) is 5.01. The SMILES string of the molecule is Cc1cccc(CC(=O)Nc2ccc(N3CCCS3(=O)=O)cc2Cl)c1. The highest BCUT2D eigenvalue weighted by Gasteiger charge is 2.28. The second-order valence-corrected chi connectivity index (χ2v) is 8.54. The molecule has 1 N–H and O–H groups in total. The van der Waals surface area contributed by atoms with Gasteiger partial charge in [-0.15, -0.1) is 0 Å². The Bertz CT molecular complexity index is 912. The number of hydrogen-bond acceptors (Lipinski definition) is 3. The quantitative estimate of drug-likeness (QED) is 0.886. The van der Waals surface area contributed by atoms with Gasteiger partial charge in [0.25, 0.3) is 0 Å². The number of sulfonamides is 1. The molecular formula is C18H19ClN2O3S. The number of anilines is 2. The van der Waals surface area contributed by atoms with Crippen molar-refractivity contribution >= 4 is 38.9 Å². The molecule has 2 aromatic carbocycles. The molecule has 5 nitrogen and oxygen atoms in total. The van der Waals surface area contributed by atoms with Crippen molar-refractivity contribution in [1.82, 2.24) is 0 Å². The summed E-state index contributed by atoms with van der Waals surface area (Å²) in [7, 11) is -3.25. The molecule has 0 aliphatic carbocycles. The van der Waals surface area contributed by atoms with Crippen LogP contribution in [-0.4, -0.2) is 26.6 Å². The molecule has 25 heavy (non-hydrogen) atoms. The highest BCUT2D eigenvalue weighted by atomic mass is 35.5. The molecule has 1 saturated heterocycles. The molecule has 1 aliphatic heterocycles. The van der Waals surface area contributed by atoms with Gasteiger partial charge < -0.3 is 5.32 Å². The Morgan fingerprint density at radius 3 is 2.68 bits per heavy atom. The minimum atomic E-state index is -3.25. The maximum absolute atomic E-state index is 12.2. The zero-order valence-corrected chi connectivity index (χ0v) is 15.4. The first kappa shape index (κ1) is 17.8. The van der Waals surface area contributed by atoms with Gasteiger partial charge in [-0.05, 0) is 37.1 Å². The summed E-state index contributed by atoms with van der Waals surface area (Å²) in [5, 5.41) is 3.09. The molecule has 3 rings (SSSR count). The summed E-state index contributed by atoms with van der Waals surface area (Å²) in [6.45, 7) is 2.43. The number of aryl methyl sites for hydroxylation is 1. The number of amides is 1. The van der Waals surface area contributed by atoms with Crippen LogP contribution in [0.3, 0.4) is 0 Å². The Morgan fingerprint density at radius 1 is 1.24 bits per heavy atom. The van der Waals surface area contributed by atoms with E-state index in [1.807, 2.05) is 31.2 Å². The van der Waals surface area contributed by atoms with E-state index in [2.05, 4.69) is 5.32 Å². The predicted octanol–water partition coefficient (Wildman–Crippen LogP) is 3.37. The minimum absolute atomic E-state index is 0.152. The zero-order chi connectivity index (χ0) is 18.0. The molecule has 1 aliphatic rings. The summed E-state index contributed by atoms with van der Waals surface area (Å²) in [4.78, 5) is 12.2. The molecule has 1 amide bonds. The number of rotatable bonds is 4. The van der Waals surface area contributed by atoms with Crippen molar-refractivity contribution in [3.8, 4) is 0 Å². The monoisotopic (exact) mass is 378 g/mol. The van der Waals surface area contributed by atoms with E-state index in [0.29, 0.717) is 29.4 Å². The van der Waals surface area contributed by atoms with E-state index >= 15 is 0 Å². The number of carbonyl (C=O) groups excluding carboxylic acids is 1. The Labute approximate surface area is 152 Å². The van der Waals surface area contributed by atoms with Crippen LogP contribution in [0.2, 0.25) is 5.02 Å². The lowest BCUT2D eigenvalue weighted by molar-refractivity contribution is -0.115. The second kappa shape index (κ2) is 7.06. The first-order valence-corrected chi connectivity index (χ1v) is 9.99. The highest BCUT2D eigenvalue weighted by molar-refractivity contribution is 7.93. The Morgan fingerprint density at radius 2 is 2.04 bits per heavy atom. The van der Waals surface area contributed by atoms with Crippen LogP contribution in [0.4, 0.5) is 11.4 Å². The van der Waals surface area contributed by atoms with Crippen LogP contribution in [0.25, 0.3) is 0 Å². The van der Waals surface area contributed by atoms with Crippen molar-refractivity contribution in [2.45, 2.75) is 19.8 Å². The maximum Gasteiger partial charge on any atom is 0.235 e. The third-order valence-corrected chi connectivity index (χ3v) is 6.24. The highest BCUT2D eigenvalue weighted by Crippen LogP contribution is 2.31. The van der Waals surface area contributed by atoms with E-state index < -0.39 is 10.0 Å². The number of nitrogens with one attached hydrogen (secondary N) is 1. The standard InChI is InChI=1S/C18H19ClN2O3S/c1-13-4-2-5-14(10-13)11-18(22)20-17-7-6-15(12-16(17)19)21-8-3-9-25(21,23)24/h2,4-7,10,12H,3,8-9,11H2,1H3,(H,20,22). The van der Waals surface area contributed by atoms with Crippen molar-refractivity contribution in [2.24, 2.45) is 0 Å². The normalized spacial score (nSPS) is 16.0. The first-order valence-electron chi connectivity index (χ1n) is 8.00.